The van der Waals surface area contributed by atoms with Crippen molar-refractivity contribution < 1.29 is 0 Å². The first-order valence-corrected chi connectivity index (χ1v) is 9.81. The molecule has 0 spiro atoms. The highest BCUT2D eigenvalue weighted by Gasteiger charge is 2.21. The van der Waals surface area contributed by atoms with Gasteiger partial charge in [0.25, 0.3) is 5.56 Å². The average Bonchev–Trinajstić information content (AvgIpc) is 2.76. The predicted molar refractivity (Wildman–Crippen MR) is 113 cm³/mol. The number of piperidine rings is 1. The quantitative estimate of drug-likeness (QED) is 0.659. The fourth-order valence-electron chi connectivity index (χ4n) is 3.61. The van der Waals surface area contributed by atoms with E-state index in [0.717, 1.165) is 43.1 Å². The minimum Gasteiger partial charge on any atom is -0.363 e. The molecule has 4 heterocycles. The third-order valence-electron chi connectivity index (χ3n) is 5.33. The molecule has 1 saturated heterocycles. The second kappa shape index (κ2) is 8.38. The van der Waals surface area contributed by atoms with E-state index in [-0.39, 0.29) is 5.56 Å². The minimum absolute atomic E-state index is 0.0206. The van der Waals surface area contributed by atoms with Gasteiger partial charge in [-0.2, -0.15) is 0 Å². The van der Waals surface area contributed by atoms with Gasteiger partial charge in [-0.05, 0) is 30.9 Å². The fraction of sp³-hybridized carbons (Fsp3) is 0.381. The molecule has 150 valence electrons. The second-order valence-electron chi connectivity index (χ2n) is 7.57. The lowest BCUT2D eigenvalue weighted by Crippen LogP contribution is -2.37. The summed E-state index contributed by atoms with van der Waals surface area (Å²) >= 11 is 0. The topological polar surface area (TPSA) is 80.0 Å². The van der Waals surface area contributed by atoms with E-state index < -0.39 is 0 Å². The van der Waals surface area contributed by atoms with Crippen LogP contribution in [0.2, 0.25) is 0 Å². The summed E-state index contributed by atoms with van der Waals surface area (Å²) < 4.78 is 1.72. The highest BCUT2D eigenvalue weighted by atomic mass is 16.1. The van der Waals surface area contributed by atoms with E-state index in [1.165, 1.54) is 0 Å². The molecule has 0 aliphatic carbocycles. The molecule has 8 nitrogen and oxygen atoms in total. The fourth-order valence-corrected chi connectivity index (χ4v) is 3.61. The summed E-state index contributed by atoms with van der Waals surface area (Å²) in [6.45, 7) is 2.54. The molecule has 0 radical (unpaired) electrons. The van der Waals surface area contributed by atoms with Crippen molar-refractivity contribution in [1.82, 2.24) is 24.5 Å². The van der Waals surface area contributed by atoms with Crippen LogP contribution in [0.3, 0.4) is 0 Å². The largest absolute Gasteiger partial charge is 0.363 e. The van der Waals surface area contributed by atoms with Crippen LogP contribution < -0.4 is 15.4 Å². The normalized spacial score (nSPS) is 14.8. The molecule has 0 unspecified atom stereocenters. The molecule has 29 heavy (non-hydrogen) atoms. The third kappa shape index (κ3) is 4.42. The zero-order valence-electron chi connectivity index (χ0n) is 16.8. The van der Waals surface area contributed by atoms with E-state index in [2.05, 4.69) is 24.8 Å². The predicted octanol–water partition coefficient (Wildman–Crippen LogP) is 2.08. The number of hydrogen-bond donors (Lipinski definition) is 0. The maximum Gasteiger partial charge on any atom is 0.253 e. The van der Waals surface area contributed by atoms with Crippen LogP contribution in [0.4, 0.5) is 11.6 Å². The molecule has 3 aromatic rings. The number of aromatic nitrogens is 5. The Bertz CT molecular complexity index is 1010. The average molecular weight is 391 g/mol. The Morgan fingerprint density at radius 3 is 2.66 bits per heavy atom. The molecule has 0 aromatic carbocycles. The molecule has 0 bridgehead atoms. The molecule has 0 atom stereocenters. The lowest BCUT2D eigenvalue weighted by Gasteiger charge is -2.33. The molecule has 0 amide bonds. The number of anilines is 2. The van der Waals surface area contributed by atoms with Gasteiger partial charge in [0.1, 0.15) is 18.0 Å². The van der Waals surface area contributed by atoms with E-state index in [0.29, 0.717) is 18.2 Å². The van der Waals surface area contributed by atoms with E-state index in [1.807, 2.05) is 37.2 Å². The van der Waals surface area contributed by atoms with Gasteiger partial charge in [-0.15, -0.1) is 0 Å². The Kier molecular flexibility index (Phi) is 5.50. The van der Waals surface area contributed by atoms with E-state index >= 15 is 0 Å². The van der Waals surface area contributed by atoms with Crippen molar-refractivity contribution in [3.63, 3.8) is 0 Å². The van der Waals surface area contributed by atoms with Gasteiger partial charge < -0.3 is 9.80 Å². The maximum atomic E-state index is 12.5. The smallest absolute Gasteiger partial charge is 0.253 e. The van der Waals surface area contributed by atoms with Gasteiger partial charge in [-0.1, -0.05) is 0 Å². The molecule has 0 saturated carbocycles. The maximum absolute atomic E-state index is 12.5. The summed E-state index contributed by atoms with van der Waals surface area (Å²) in [4.78, 5) is 34.1. The van der Waals surface area contributed by atoms with Crippen LogP contribution in [0, 0.1) is 5.92 Å². The third-order valence-corrected chi connectivity index (χ3v) is 5.33. The van der Waals surface area contributed by atoms with Crippen LogP contribution in [0.25, 0.3) is 11.3 Å². The van der Waals surface area contributed by atoms with E-state index in [1.54, 1.807) is 35.7 Å². The minimum atomic E-state index is -0.0206. The monoisotopic (exact) mass is 391 g/mol. The highest BCUT2D eigenvalue weighted by Crippen LogP contribution is 2.24. The molecule has 1 aliphatic rings. The van der Waals surface area contributed by atoms with Crippen molar-refractivity contribution >= 4 is 11.6 Å². The summed E-state index contributed by atoms with van der Waals surface area (Å²) in [7, 11) is 3.95. The van der Waals surface area contributed by atoms with E-state index in [4.69, 9.17) is 0 Å². The van der Waals surface area contributed by atoms with Crippen LogP contribution in [0.5, 0.6) is 0 Å². The zero-order valence-corrected chi connectivity index (χ0v) is 16.8. The van der Waals surface area contributed by atoms with Crippen molar-refractivity contribution in [2.45, 2.75) is 19.4 Å². The Hall–Kier alpha value is -3.29. The van der Waals surface area contributed by atoms with Crippen molar-refractivity contribution in [2.75, 3.05) is 37.0 Å². The number of nitrogens with zero attached hydrogens (tertiary/aromatic N) is 7. The SMILES string of the molecule is CN(C)c1cc(N2CCC(Cn3cnc(-c4cccnc4)cc3=O)CC2)ncn1. The van der Waals surface area contributed by atoms with Gasteiger partial charge in [-0.25, -0.2) is 15.0 Å². The van der Waals surface area contributed by atoms with Crippen molar-refractivity contribution in [3.05, 3.63) is 59.7 Å². The molecular weight excluding hydrogens is 366 g/mol. The van der Waals surface area contributed by atoms with Crippen molar-refractivity contribution in [2.24, 2.45) is 5.92 Å². The van der Waals surface area contributed by atoms with Gasteiger partial charge in [0.05, 0.1) is 12.0 Å². The Balaban J connectivity index is 1.39. The van der Waals surface area contributed by atoms with Gasteiger partial charge in [-0.3, -0.25) is 14.3 Å². The summed E-state index contributed by atoms with van der Waals surface area (Å²) in [5, 5.41) is 0. The lowest BCUT2D eigenvalue weighted by molar-refractivity contribution is 0.350. The van der Waals surface area contributed by atoms with Gasteiger partial charge in [0.15, 0.2) is 0 Å². The van der Waals surface area contributed by atoms with Crippen LogP contribution in [0.15, 0.2) is 54.1 Å². The second-order valence-corrected chi connectivity index (χ2v) is 7.57. The summed E-state index contributed by atoms with van der Waals surface area (Å²) in [5.41, 5.74) is 1.49. The Labute approximate surface area is 169 Å². The lowest BCUT2D eigenvalue weighted by atomic mass is 9.96. The molecular formula is C21H25N7O. The van der Waals surface area contributed by atoms with Crippen LogP contribution in [-0.2, 0) is 6.54 Å². The first-order chi connectivity index (χ1) is 14.1. The molecule has 1 aliphatic heterocycles. The molecule has 8 heteroatoms. The van der Waals surface area contributed by atoms with Gasteiger partial charge in [0, 0.05) is 63.8 Å². The van der Waals surface area contributed by atoms with Crippen molar-refractivity contribution in [1.29, 1.82) is 0 Å². The standard InChI is InChI=1S/C21H25N7O/c1-26(2)19-11-20(24-14-23-19)27-8-5-16(6-9-27)13-28-15-25-18(10-21(28)29)17-4-3-7-22-12-17/h3-4,7,10-12,14-16H,5-6,8-9,13H2,1-2H3. The first kappa shape index (κ1) is 19.0. The highest BCUT2D eigenvalue weighted by molar-refractivity contribution is 5.56. The zero-order chi connectivity index (χ0) is 20.2. The molecule has 4 rings (SSSR count). The summed E-state index contributed by atoms with van der Waals surface area (Å²) in [6, 6.07) is 7.36. The molecule has 3 aromatic heterocycles. The summed E-state index contributed by atoms with van der Waals surface area (Å²) in [6.07, 6.45) is 8.73. The Morgan fingerprint density at radius 2 is 1.97 bits per heavy atom. The van der Waals surface area contributed by atoms with Crippen LogP contribution in [-0.4, -0.2) is 51.7 Å². The summed E-state index contributed by atoms with van der Waals surface area (Å²) in [5.74, 6) is 2.32. The van der Waals surface area contributed by atoms with Gasteiger partial charge >= 0.3 is 0 Å². The number of pyridine rings is 1. The molecule has 1 fully saturated rings. The van der Waals surface area contributed by atoms with Crippen LogP contribution in [0.1, 0.15) is 12.8 Å². The van der Waals surface area contributed by atoms with E-state index in [9.17, 15) is 4.79 Å². The van der Waals surface area contributed by atoms with Gasteiger partial charge in [0.2, 0.25) is 0 Å². The van der Waals surface area contributed by atoms with Crippen molar-refractivity contribution in [3.8, 4) is 11.3 Å². The first-order valence-electron chi connectivity index (χ1n) is 9.81. The number of hydrogen-bond acceptors (Lipinski definition) is 7. The van der Waals surface area contributed by atoms with Crippen LogP contribution >= 0.6 is 0 Å². The number of rotatable bonds is 5. The Morgan fingerprint density at radius 1 is 1.14 bits per heavy atom. The molecule has 0 N–H and O–H groups in total.